The highest BCUT2D eigenvalue weighted by Crippen LogP contribution is 2.22. The summed E-state index contributed by atoms with van der Waals surface area (Å²) >= 11 is 6.72. The number of esters is 1. The van der Waals surface area contributed by atoms with E-state index < -0.39 is 11.9 Å². The van der Waals surface area contributed by atoms with Crippen molar-refractivity contribution in [2.45, 2.75) is 11.9 Å². The fraction of sp³-hybridized carbons (Fsp3) is 0.300. The molecule has 0 radical (unpaired) electrons. The molecule has 2 N–H and O–H groups in total. The van der Waals surface area contributed by atoms with Gasteiger partial charge in [0, 0.05) is 0 Å². The lowest BCUT2D eigenvalue weighted by molar-refractivity contribution is -0.139. The summed E-state index contributed by atoms with van der Waals surface area (Å²) in [7, 11) is 0. The summed E-state index contributed by atoms with van der Waals surface area (Å²) in [4.78, 5) is 26.5. The van der Waals surface area contributed by atoms with Crippen LogP contribution in [0.2, 0.25) is 5.15 Å². The quantitative estimate of drug-likeness (QED) is 0.281. The average molecular weight is 291 g/mol. The zero-order valence-corrected chi connectivity index (χ0v) is 11.0. The van der Waals surface area contributed by atoms with Gasteiger partial charge in [-0.05, 0) is 19.1 Å². The van der Waals surface area contributed by atoms with Gasteiger partial charge in [0.05, 0.1) is 17.9 Å². The summed E-state index contributed by atoms with van der Waals surface area (Å²) in [5.41, 5.74) is 1.64. The van der Waals surface area contributed by atoms with Crippen molar-refractivity contribution >= 4 is 35.2 Å². The second kappa shape index (κ2) is 7.20. The molecule has 0 aliphatic heterocycles. The van der Waals surface area contributed by atoms with Crippen molar-refractivity contribution < 1.29 is 19.5 Å². The predicted molar refractivity (Wildman–Crippen MR) is 65.9 cm³/mol. The minimum absolute atomic E-state index is 0.00684. The Morgan fingerprint density at radius 3 is 2.89 bits per heavy atom. The van der Waals surface area contributed by atoms with E-state index in [0.29, 0.717) is 0 Å². The largest absolute Gasteiger partial charge is 0.465 e. The molecule has 6 nitrogen and oxygen atoms in total. The number of halogens is 1. The molecule has 0 saturated heterocycles. The fourth-order valence-electron chi connectivity index (χ4n) is 1.09. The number of pyridine rings is 1. The first-order valence-corrected chi connectivity index (χ1v) is 6.34. The van der Waals surface area contributed by atoms with Gasteiger partial charge in [0.1, 0.15) is 10.2 Å². The van der Waals surface area contributed by atoms with Gasteiger partial charge in [0.15, 0.2) is 0 Å². The number of carbonyl (C=O) groups is 2. The Balaban J connectivity index is 2.82. The Morgan fingerprint density at radius 1 is 1.56 bits per heavy atom. The Morgan fingerprint density at radius 2 is 2.28 bits per heavy atom. The Hall–Kier alpha value is -1.31. The highest BCUT2D eigenvalue weighted by atomic mass is 35.5. The maximum Gasteiger partial charge on any atom is 0.316 e. The van der Waals surface area contributed by atoms with Gasteiger partial charge in [-0.1, -0.05) is 23.4 Å². The fourth-order valence-corrected chi connectivity index (χ4v) is 2.11. The van der Waals surface area contributed by atoms with Crippen LogP contribution in [-0.2, 0) is 9.53 Å². The number of hydrogen-bond acceptors (Lipinski definition) is 6. The van der Waals surface area contributed by atoms with E-state index in [1.54, 1.807) is 6.92 Å². The summed E-state index contributed by atoms with van der Waals surface area (Å²) in [5.74, 6) is -1.13. The van der Waals surface area contributed by atoms with Crippen LogP contribution in [0.4, 0.5) is 0 Å². The molecule has 0 aliphatic rings. The van der Waals surface area contributed by atoms with Crippen molar-refractivity contribution in [3.05, 3.63) is 22.8 Å². The number of nitrogens with one attached hydrogen (secondary N) is 1. The molecular weight excluding hydrogens is 280 g/mol. The predicted octanol–water partition coefficient (Wildman–Crippen LogP) is 1.51. The number of amides is 1. The summed E-state index contributed by atoms with van der Waals surface area (Å²) in [6, 6.07) is 2.83. The zero-order valence-electron chi connectivity index (χ0n) is 9.47. The van der Waals surface area contributed by atoms with Gasteiger partial charge in [-0.2, -0.15) is 0 Å². The third kappa shape index (κ3) is 4.17. The van der Waals surface area contributed by atoms with Crippen LogP contribution in [0.3, 0.4) is 0 Å². The maximum absolute atomic E-state index is 11.3. The number of ether oxygens (including phenoxy) is 1. The Kier molecular flexibility index (Phi) is 5.90. The van der Waals surface area contributed by atoms with Crippen LogP contribution in [0.25, 0.3) is 0 Å². The lowest BCUT2D eigenvalue weighted by Gasteiger charge is -2.06. The zero-order chi connectivity index (χ0) is 13.5. The van der Waals surface area contributed by atoms with E-state index in [0.717, 1.165) is 11.8 Å². The molecule has 98 valence electrons. The number of carbonyl (C=O) groups excluding carboxylic acids is 2. The summed E-state index contributed by atoms with van der Waals surface area (Å²) < 4.78 is 4.75. The Labute approximate surface area is 113 Å². The van der Waals surface area contributed by atoms with E-state index in [1.807, 2.05) is 0 Å². The maximum atomic E-state index is 11.3. The van der Waals surface area contributed by atoms with Gasteiger partial charge in [-0.3, -0.25) is 14.8 Å². The highest BCUT2D eigenvalue weighted by Gasteiger charge is 2.15. The van der Waals surface area contributed by atoms with E-state index >= 15 is 0 Å². The summed E-state index contributed by atoms with van der Waals surface area (Å²) in [6.07, 6.45) is 0. The standard InChI is InChI=1S/C10H11ClN2O4S/c1-2-17-8(14)5-18-10-6(9(15)13-16)3-4-7(11)12-10/h3-4,16H,2,5H2,1H3,(H,13,15). The number of hydroxylamine groups is 1. The van der Waals surface area contributed by atoms with Crippen LogP contribution >= 0.6 is 23.4 Å². The van der Waals surface area contributed by atoms with Crippen LogP contribution < -0.4 is 5.48 Å². The van der Waals surface area contributed by atoms with Crippen LogP contribution in [0.5, 0.6) is 0 Å². The molecule has 8 heteroatoms. The molecule has 0 aromatic carbocycles. The van der Waals surface area contributed by atoms with Gasteiger partial charge in [-0.25, -0.2) is 10.5 Å². The van der Waals surface area contributed by atoms with Crippen molar-refractivity contribution in [2.24, 2.45) is 0 Å². The molecular formula is C10H11ClN2O4S. The monoisotopic (exact) mass is 290 g/mol. The van der Waals surface area contributed by atoms with Crippen molar-refractivity contribution in [1.82, 2.24) is 10.5 Å². The molecule has 0 spiro atoms. The smallest absolute Gasteiger partial charge is 0.316 e. The number of hydrogen-bond donors (Lipinski definition) is 2. The van der Waals surface area contributed by atoms with Gasteiger partial charge < -0.3 is 4.74 Å². The second-order valence-corrected chi connectivity index (χ2v) is 4.37. The molecule has 0 atom stereocenters. The van der Waals surface area contributed by atoms with Crippen LogP contribution in [0.1, 0.15) is 17.3 Å². The molecule has 1 heterocycles. The van der Waals surface area contributed by atoms with E-state index in [-0.39, 0.29) is 28.1 Å². The van der Waals surface area contributed by atoms with Crippen molar-refractivity contribution in [1.29, 1.82) is 0 Å². The van der Waals surface area contributed by atoms with Crippen molar-refractivity contribution in [3.63, 3.8) is 0 Å². The third-order valence-electron chi connectivity index (χ3n) is 1.80. The molecule has 0 unspecified atom stereocenters. The van der Waals surface area contributed by atoms with Crippen LogP contribution in [0, 0.1) is 0 Å². The molecule has 1 aromatic heterocycles. The van der Waals surface area contributed by atoms with Gasteiger partial charge in [-0.15, -0.1) is 0 Å². The number of nitrogens with zero attached hydrogens (tertiary/aromatic N) is 1. The first-order valence-electron chi connectivity index (χ1n) is 4.97. The normalized spacial score (nSPS) is 9.94. The first kappa shape index (κ1) is 14.7. The molecule has 0 bridgehead atoms. The highest BCUT2D eigenvalue weighted by molar-refractivity contribution is 8.00. The molecule has 1 rings (SSSR count). The number of rotatable bonds is 5. The summed E-state index contributed by atoms with van der Waals surface area (Å²) in [5, 5.41) is 9.02. The minimum Gasteiger partial charge on any atom is -0.465 e. The number of aromatic nitrogens is 1. The molecule has 1 amide bonds. The molecule has 0 fully saturated rings. The van der Waals surface area contributed by atoms with Crippen molar-refractivity contribution in [2.75, 3.05) is 12.4 Å². The third-order valence-corrected chi connectivity index (χ3v) is 2.98. The van der Waals surface area contributed by atoms with Crippen LogP contribution in [-0.4, -0.2) is 34.4 Å². The Bertz CT molecular complexity index is 456. The van der Waals surface area contributed by atoms with E-state index in [4.69, 9.17) is 21.5 Å². The topological polar surface area (TPSA) is 88.5 Å². The average Bonchev–Trinajstić information content (AvgIpc) is 2.36. The minimum atomic E-state index is -0.717. The lowest BCUT2D eigenvalue weighted by atomic mass is 10.3. The van der Waals surface area contributed by atoms with E-state index in [1.165, 1.54) is 17.6 Å². The van der Waals surface area contributed by atoms with E-state index in [2.05, 4.69) is 4.98 Å². The molecule has 18 heavy (non-hydrogen) atoms. The van der Waals surface area contributed by atoms with Gasteiger partial charge >= 0.3 is 5.97 Å². The van der Waals surface area contributed by atoms with Crippen molar-refractivity contribution in [3.8, 4) is 0 Å². The molecule has 0 saturated carbocycles. The van der Waals surface area contributed by atoms with Gasteiger partial charge in [0.2, 0.25) is 0 Å². The second-order valence-electron chi connectivity index (χ2n) is 3.02. The number of thioether (sulfide) groups is 1. The lowest BCUT2D eigenvalue weighted by Crippen LogP contribution is -2.20. The summed E-state index contributed by atoms with van der Waals surface area (Å²) in [6.45, 7) is 1.98. The van der Waals surface area contributed by atoms with Gasteiger partial charge in [0.25, 0.3) is 5.91 Å². The van der Waals surface area contributed by atoms with E-state index in [9.17, 15) is 9.59 Å². The van der Waals surface area contributed by atoms with Crippen LogP contribution in [0.15, 0.2) is 17.2 Å². The molecule has 0 aliphatic carbocycles. The first-order chi connectivity index (χ1) is 8.58. The molecule has 1 aromatic rings. The SMILES string of the molecule is CCOC(=O)CSc1nc(Cl)ccc1C(=O)NO.